The summed E-state index contributed by atoms with van der Waals surface area (Å²) in [5.41, 5.74) is 6.30. The Balaban J connectivity index is 0.996. The van der Waals surface area contributed by atoms with Crippen molar-refractivity contribution in [3.05, 3.63) is 48.0 Å². The Morgan fingerprint density at radius 2 is 1.58 bits per heavy atom. The number of carbonyl (C=O) groups is 3. The van der Waals surface area contributed by atoms with Crippen molar-refractivity contribution in [1.29, 1.82) is 0 Å². The molecule has 1 aromatic carbocycles. The van der Waals surface area contributed by atoms with Gasteiger partial charge in [-0.1, -0.05) is 58.4 Å². The third kappa shape index (κ3) is 16.0. The molecule has 7 unspecified atom stereocenters. The van der Waals surface area contributed by atoms with Gasteiger partial charge in [-0.2, -0.15) is 0 Å². The standard InChI is InChI=1S/C40H62N7O17P3/c1-25(2)7-5-8-26-10-12-27(13-11-26)9-6-16-40(17-18-40)29(48)14-19-42-30(49)15-20-43-37(52)34(51)39(3,4)22-61-67(58,59)64-66(56,57)60-21-28-33(63-65(53,54)55)32(50)38(62-28)47-24-46-31-35(41)44-23-45-36(31)47/h10-13,23-25,28,32-34,38,50-51H,5-9,14-22H2,1-4H3,(H,42,49)(H,43,52)(H,56,57)(H,58,59)(H2,41,44,45)(H2,53,54,55)/p-4. The Hall–Kier alpha value is -3.57. The molecule has 0 spiro atoms. The number of rotatable bonds is 28. The van der Waals surface area contributed by atoms with Gasteiger partial charge < -0.3 is 69.0 Å². The average Bonchev–Trinajstić information content (AvgIpc) is 3.81. The molecule has 0 radical (unpaired) electrons. The molecule has 0 bridgehead atoms. The molecule has 3 heterocycles. The lowest BCUT2D eigenvalue weighted by molar-refractivity contribution is -0.347. The highest BCUT2D eigenvalue weighted by Gasteiger charge is 2.49. The Labute approximate surface area is 387 Å². The lowest BCUT2D eigenvalue weighted by atomic mass is 9.87. The average molecular weight is 1000 g/mol. The van der Waals surface area contributed by atoms with Gasteiger partial charge >= 0.3 is 0 Å². The van der Waals surface area contributed by atoms with Crippen molar-refractivity contribution >= 4 is 58.0 Å². The van der Waals surface area contributed by atoms with Gasteiger partial charge in [0.1, 0.15) is 42.0 Å². The monoisotopic (exact) mass is 1000 g/mol. The maximum absolute atomic E-state index is 13.0. The first-order chi connectivity index (χ1) is 31.3. The Morgan fingerprint density at radius 1 is 0.955 bits per heavy atom. The molecule has 2 fully saturated rings. The van der Waals surface area contributed by atoms with Gasteiger partial charge in [0.15, 0.2) is 17.7 Å². The summed E-state index contributed by atoms with van der Waals surface area (Å²) in [7, 11) is -17.6. The van der Waals surface area contributed by atoms with Crippen LogP contribution in [0.2, 0.25) is 0 Å². The topological polar surface area (TPSA) is 375 Å². The highest BCUT2D eigenvalue weighted by atomic mass is 31.3. The zero-order chi connectivity index (χ0) is 49.4. The van der Waals surface area contributed by atoms with E-state index in [1.807, 2.05) is 0 Å². The number of aryl methyl sites for hydroxylation is 2. The molecule has 7 atom stereocenters. The van der Waals surface area contributed by atoms with Gasteiger partial charge in [-0.3, -0.25) is 28.1 Å². The number of hydrogen-bond donors (Lipinski definition) is 5. The molecule has 1 aliphatic heterocycles. The minimum atomic E-state index is -5.93. The largest absolute Gasteiger partial charge is 0.790 e. The van der Waals surface area contributed by atoms with Crippen LogP contribution in [0.3, 0.4) is 0 Å². The van der Waals surface area contributed by atoms with Crippen molar-refractivity contribution in [2.75, 3.05) is 32.0 Å². The summed E-state index contributed by atoms with van der Waals surface area (Å²) < 4.78 is 60.9. The number of aliphatic hydroxyl groups excluding tert-OH is 2. The second kappa shape index (κ2) is 22.9. The van der Waals surface area contributed by atoms with Crippen molar-refractivity contribution in [3.63, 3.8) is 0 Å². The van der Waals surface area contributed by atoms with Crippen LogP contribution in [0.5, 0.6) is 0 Å². The van der Waals surface area contributed by atoms with Crippen molar-refractivity contribution in [2.45, 2.75) is 123 Å². The predicted octanol–water partition coefficient (Wildman–Crippen LogP) is 0.618. The number of hydrogen-bond acceptors (Lipinski definition) is 21. The number of nitrogens with zero attached hydrogens (tertiary/aromatic N) is 4. The van der Waals surface area contributed by atoms with Crippen molar-refractivity contribution in [1.82, 2.24) is 30.2 Å². The number of Topliss-reactive ketones (excluding diaryl/α,β-unsaturated/α-hetero) is 1. The number of phosphoric acid groups is 3. The molecule has 2 amide bonds. The maximum atomic E-state index is 13.0. The van der Waals surface area contributed by atoms with Crippen molar-refractivity contribution in [2.24, 2.45) is 16.7 Å². The van der Waals surface area contributed by atoms with E-state index in [1.54, 1.807) is 0 Å². The number of ether oxygens (including phenoxy) is 1. The quantitative estimate of drug-likeness (QED) is 0.0622. The van der Waals surface area contributed by atoms with Gasteiger partial charge in [0, 0.05) is 36.8 Å². The van der Waals surface area contributed by atoms with Crippen LogP contribution in [0, 0.1) is 16.7 Å². The van der Waals surface area contributed by atoms with Gasteiger partial charge in [0.05, 0.1) is 27.4 Å². The van der Waals surface area contributed by atoms with Crippen LogP contribution in [0.4, 0.5) is 5.82 Å². The maximum Gasteiger partial charge on any atom is 0.274 e. The number of benzene rings is 1. The molecule has 6 N–H and O–H groups in total. The molecule has 27 heteroatoms. The van der Waals surface area contributed by atoms with Gasteiger partial charge in [-0.25, -0.2) is 19.3 Å². The van der Waals surface area contributed by atoms with Gasteiger partial charge in [0.2, 0.25) is 11.8 Å². The first-order valence-electron chi connectivity index (χ1n) is 21.7. The molecule has 2 aliphatic rings. The highest BCUT2D eigenvalue weighted by Crippen LogP contribution is 2.57. The summed E-state index contributed by atoms with van der Waals surface area (Å²) in [6.07, 6.45) is 0.179. The number of carbonyl (C=O) groups excluding carboxylic acids is 3. The molecule has 1 saturated heterocycles. The zero-order valence-electron chi connectivity index (χ0n) is 37.6. The third-order valence-corrected chi connectivity index (χ3v) is 14.6. The number of aliphatic hydroxyl groups is 2. The number of nitrogens with two attached hydrogens (primary N) is 1. The Bertz CT molecular complexity index is 2320. The summed E-state index contributed by atoms with van der Waals surface area (Å²) in [4.78, 5) is 98.0. The fourth-order valence-electron chi connectivity index (χ4n) is 7.53. The van der Waals surface area contributed by atoms with Gasteiger partial charge in [-0.15, -0.1) is 0 Å². The fourth-order valence-corrected chi connectivity index (χ4v) is 10.3. The van der Waals surface area contributed by atoms with E-state index in [0.29, 0.717) is 5.92 Å². The van der Waals surface area contributed by atoms with Crippen LogP contribution < -0.4 is 35.9 Å². The van der Waals surface area contributed by atoms with Crippen molar-refractivity contribution in [3.8, 4) is 0 Å². The molecule has 3 aromatic rings. The summed E-state index contributed by atoms with van der Waals surface area (Å²) in [5, 5.41) is 26.5. The Kier molecular flexibility index (Phi) is 18.6. The highest BCUT2D eigenvalue weighted by molar-refractivity contribution is 7.59. The lowest BCUT2D eigenvalue weighted by Crippen LogP contribution is -2.46. The number of ketones is 1. The molecule has 24 nitrogen and oxygen atoms in total. The zero-order valence-corrected chi connectivity index (χ0v) is 40.2. The third-order valence-electron chi connectivity index (χ3n) is 11.6. The number of fused-ring (bicyclic) bond motifs is 1. The SMILES string of the molecule is CC(C)CCCc1ccc(CCCC2(C(=O)CCNC(=O)CCNC(=O)C(O)C(C)(C)COP(=O)([O-])OP(=O)([O-])OCC3OC(n4cnc5c(N)ncnc54)C(O)C3OP(=O)([O-])[O-])CC2)cc1. The number of aromatic nitrogens is 4. The molecular formula is C40H58N7O17P3-4. The molecule has 5 rings (SSSR count). The number of nitrogen functional groups attached to an aromatic ring is 1. The van der Waals surface area contributed by atoms with E-state index >= 15 is 0 Å². The van der Waals surface area contributed by atoms with E-state index in [1.165, 1.54) is 37.8 Å². The summed E-state index contributed by atoms with van der Waals surface area (Å²) >= 11 is 0. The van der Waals surface area contributed by atoms with Crippen LogP contribution in [0.15, 0.2) is 36.9 Å². The minimum absolute atomic E-state index is 0.0201. The summed E-state index contributed by atoms with van der Waals surface area (Å²) in [6, 6.07) is 8.68. The van der Waals surface area contributed by atoms with Gasteiger partial charge in [0.25, 0.3) is 15.6 Å². The van der Waals surface area contributed by atoms with E-state index in [-0.39, 0.29) is 54.1 Å². The minimum Gasteiger partial charge on any atom is -0.790 e. The summed E-state index contributed by atoms with van der Waals surface area (Å²) in [5.74, 6) is -0.758. The first-order valence-corrected chi connectivity index (χ1v) is 26.1. The number of phosphoric ester groups is 3. The molecule has 1 aliphatic carbocycles. The van der Waals surface area contributed by atoms with E-state index < -0.39 is 84.6 Å². The van der Waals surface area contributed by atoms with Crippen LogP contribution in [-0.2, 0) is 63.5 Å². The van der Waals surface area contributed by atoms with Crippen LogP contribution in [0.25, 0.3) is 11.2 Å². The van der Waals surface area contributed by atoms with Crippen LogP contribution in [-0.4, -0.2) is 98.0 Å². The number of anilines is 1. The van der Waals surface area contributed by atoms with E-state index in [4.69, 9.17) is 10.5 Å². The Morgan fingerprint density at radius 3 is 2.21 bits per heavy atom. The van der Waals surface area contributed by atoms with Gasteiger partial charge in [-0.05, 0) is 62.0 Å². The normalized spacial score (nSPS) is 21.7. The van der Waals surface area contributed by atoms with Crippen LogP contribution >= 0.6 is 23.5 Å². The molecule has 1 saturated carbocycles. The molecule has 67 heavy (non-hydrogen) atoms. The van der Waals surface area contributed by atoms with E-state index in [9.17, 15) is 57.9 Å². The van der Waals surface area contributed by atoms with E-state index in [0.717, 1.165) is 55.7 Å². The molecule has 2 aromatic heterocycles. The smallest absolute Gasteiger partial charge is 0.274 e. The van der Waals surface area contributed by atoms with Crippen molar-refractivity contribution < 1.29 is 80.5 Å². The lowest BCUT2D eigenvalue weighted by Gasteiger charge is -2.36. The summed E-state index contributed by atoms with van der Waals surface area (Å²) in [6.45, 7) is 4.49. The predicted molar refractivity (Wildman–Crippen MR) is 229 cm³/mol. The number of nitrogens with one attached hydrogen (secondary N) is 2. The second-order valence-electron chi connectivity index (χ2n) is 17.9. The molecular weight excluding hydrogens is 943 g/mol. The first kappa shape index (κ1) is 54.4. The number of imidazole rings is 1. The second-order valence-corrected chi connectivity index (χ2v) is 22.0. The molecule has 374 valence electrons. The number of amides is 2. The van der Waals surface area contributed by atoms with Crippen LogP contribution in [0.1, 0.15) is 96.4 Å². The fraction of sp³-hybridized carbons (Fsp3) is 0.650. The van der Waals surface area contributed by atoms with E-state index in [2.05, 4.69) is 81.6 Å².